The summed E-state index contributed by atoms with van der Waals surface area (Å²) in [6, 6.07) is 6.53. The third kappa shape index (κ3) is 3.94. The van der Waals surface area contributed by atoms with Crippen LogP contribution in [-0.2, 0) is 6.54 Å². The molecule has 0 radical (unpaired) electrons. The molecule has 1 aromatic carbocycles. The number of hydrogen-bond donors (Lipinski definition) is 2. The first-order valence-electron chi connectivity index (χ1n) is 6.94. The third-order valence-electron chi connectivity index (χ3n) is 3.83. The summed E-state index contributed by atoms with van der Waals surface area (Å²) in [5.74, 6) is 0.238. The van der Waals surface area contributed by atoms with E-state index in [1.54, 1.807) is 18.2 Å². The normalized spacial score (nSPS) is 22.8. The van der Waals surface area contributed by atoms with Crippen molar-refractivity contribution in [1.29, 1.82) is 0 Å². The molecule has 2 N–H and O–H groups in total. The van der Waals surface area contributed by atoms with Gasteiger partial charge in [0.15, 0.2) is 0 Å². The first-order valence-corrected chi connectivity index (χ1v) is 6.94. The van der Waals surface area contributed by atoms with Gasteiger partial charge >= 0.3 is 6.03 Å². The van der Waals surface area contributed by atoms with E-state index < -0.39 is 0 Å². The van der Waals surface area contributed by atoms with E-state index in [9.17, 15) is 9.18 Å². The molecule has 104 valence electrons. The van der Waals surface area contributed by atoms with Crippen molar-refractivity contribution >= 4 is 6.03 Å². The van der Waals surface area contributed by atoms with Crippen LogP contribution in [0.3, 0.4) is 0 Å². The summed E-state index contributed by atoms with van der Waals surface area (Å²) < 4.78 is 13.4. The number of halogens is 1. The number of carbonyl (C=O) groups is 1. The molecule has 3 nitrogen and oxygen atoms in total. The molecule has 0 bridgehead atoms. The number of benzene rings is 1. The number of rotatable bonds is 3. The zero-order chi connectivity index (χ0) is 13.7. The number of hydrogen-bond acceptors (Lipinski definition) is 1. The Balaban J connectivity index is 1.80. The number of urea groups is 1. The second kappa shape index (κ2) is 6.55. The quantitative estimate of drug-likeness (QED) is 0.864. The van der Waals surface area contributed by atoms with Crippen molar-refractivity contribution in [3.63, 3.8) is 0 Å². The zero-order valence-electron chi connectivity index (χ0n) is 11.3. The summed E-state index contributed by atoms with van der Waals surface area (Å²) in [7, 11) is 0. The van der Waals surface area contributed by atoms with E-state index in [1.807, 2.05) is 0 Å². The van der Waals surface area contributed by atoms with Crippen LogP contribution in [0.5, 0.6) is 0 Å². The predicted molar refractivity (Wildman–Crippen MR) is 73.2 cm³/mol. The van der Waals surface area contributed by atoms with Gasteiger partial charge in [-0.2, -0.15) is 0 Å². The maximum atomic E-state index is 13.4. The standard InChI is InChI=1S/C15H21FN2O/c1-11-6-2-5-9-14(11)18-15(19)17-10-12-7-3-4-8-13(12)16/h3-4,7-8,11,14H,2,5-6,9-10H2,1H3,(H2,17,18,19)/t11-,14-/m0/s1. The second-order valence-electron chi connectivity index (χ2n) is 5.29. The van der Waals surface area contributed by atoms with Crippen molar-refractivity contribution in [3.05, 3.63) is 35.6 Å². The highest BCUT2D eigenvalue weighted by molar-refractivity contribution is 5.74. The lowest BCUT2D eigenvalue weighted by atomic mass is 9.86. The van der Waals surface area contributed by atoms with Crippen LogP contribution in [0, 0.1) is 11.7 Å². The van der Waals surface area contributed by atoms with Gasteiger partial charge in [0.25, 0.3) is 0 Å². The van der Waals surface area contributed by atoms with E-state index in [-0.39, 0.29) is 24.4 Å². The minimum Gasteiger partial charge on any atom is -0.335 e. The van der Waals surface area contributed by atoms with Crippen molar-refractivity contribution in [2.75, 3.05) is 0 Å². The first kappa shape index (κ1) is 13.8. The molecule has 1 fully saturated rings. The molecule has 1 aliphatic carbocycles. The number of nitrogens with one attached hydrogen (secondary N) is 2. The second-order valence-corrected chi connectivity index (χ2v) is 5.29. The zero-order valence-corrected chi connectivity index (χ0v) is 11.3. The lowest BCUT2D eigenvalue weighted by molar-refractivity contribution is 0.221. The molecule has 0 spiro atoms. The highest BCUT2D eigenvalue weighted by atomic mass is 19.1. The van der Waals surface area contributed by atoms with E-state index >= 15 is 0 Å². The Kier molecular flexibility index (Phi) is 4.77. The summed E-state index contributed by atoms with van der Waals surface area (Å²) in [5, 5.41) is 5.70. The van der Waals surface area contributed by atoms with Crippen molar-refractivity contribution in [3.8, 4) is 0 Å². The van der Waals surface area contributed by atoms with Crippen LogP contribution in [0.15, 0.2) is 24.3 Å². The fraction of sp³-hybridized carbons (Fsp3) is 0.533. The van der Waals surface area contributed by atoms with Crippen molar-refractivity contribution in [2.24, 2.45) is 5.92 Å². The van der Waals surface area contributed by atoms with Gasteiger partial charge in [-0.25, -0.2) is 9.18 Å². The molecule has 1 saturated carbocycles. The van der Waals surface area contributed by atoms with Gasteiger partial charge in [-0.1, -0.05) is 38.0 Å². The molecular weight excluding hydrogens is 243 g/mol. The van der Waals surface area contributed by atoms with Gasteiger partial charge in [-0.15, -0.1) is 0 Å². The van der Waals surface area contributed by atoms with Crippen LogP contribution in [0.4, 0.5) is 9.18 Å². The Morgan fingerprint density at radius 1 is 1.32 bits per heavy atom. The van der Waals surface area contributed by atoms with Crippen LogP contribution < -0.4 is 10.6 Å². The van der Waals surface area contributed by atoms with Gasteiger partial charge < -0.3 is 10.6 Å². The van der Waals surface area contributed by atoms with Gasteiger partial charge in [0.05, 0.1) is 0 Å². The van der Waals surface area contributed by atoms with Crippen molar-refractivity contribution in [2.45, 2.75) is 45.2 Å². The Hall–Kier alpha value is -1.58. The first-order chi connectivity index (χ1) is 9.16. The molecule has 2 atom stereocenters. The minimum absolute atomic E-state index is 0.206. The molecule has 1 aliphatic rings. The third-order valence-corrected chi connectivity index (χ3v) is 3.83. The van der Waals surface area contributed by atoms with E-state index in [1.165, 1.54) is 18.9 Å². The largest absolute Gasteiger partial charge is 0.335 e. The Morgan fingerprint density at radius 3 is 2.79 bits per heavy atom. The molecule has 2 rings (SSSR count). The maximum absolute atomic E-state index is 13.4. The molecule has 0 aliphatic heterocycles. The molecular formula is C15H21FN2O. The number of carbonyl (C=O) groups excluding carboxylic acids is 1. The summed E-state index contributed by atoms with van der Waals surface area (Å²) in [6.07, 6.45) is 4.62. The van der Waals surface area contributed by atoms with Crippen LogP contribution in [0.1, 0.15) is 38.2 Å². The summed E-state index contributed by atoms with van der Waals surface area (Å²) in [6.45, 7) is 2.39. The number of amides is 2. The minimum atomic E-state index is -0.283. The van der Waals surface area contributed by atoms with Gasteiger partial charge in [0.2, 0.25) is 0 Å². The molecule has 19 heavy (non-hydrogen) atoms. The van der Waals surface area contributed by atoms with Crippen LogP contribution in [0.25, 0.3) is 0 Å². The van der Waals surface area contributed by atoms with Gasteiger partial charge in [0, 0.05) is 18.2 Å². The van der Waals surface area contributed by atoms with Crippen LogP contribution in [-0.4, -0.2) is 12.1 Å². The van der Waals surface area contributed by atoms with Crippen molar-refractivity contribution < 1.29 is 9.18 Å². The van der Waals surface area contributed by atoms with Crippen LogP contribution >= 0.6 is 0 Å². The van der Waals surface area contributed by atoms with Gasteiger partial charge in [0.1, 0.15) is 5.82 Å². The average Bonchev–Trinajstić information content (AvgIpc) is 2.40. The summed E-state index contributed by atoms with van der Waals surface area (Å²) >= 11 is 0. The monoisotopic (exact) mass is 264 g/mol. The summed E-state index contributed by atoms with van der Waals surface area (Å²) in [4.78, 5) is 11.8. The highest BCUT2D eigenvalue weighted by Crippen LogP contribution is 2.23. The molecule has 4 heteroatoms. The Labute approximate surface area is 113 Å². The van der Waals surface area contributed by atoms with E-state index in [0.717, 1.165) is 12.8 Å². The average molecular weight is 264 g/mol. The SMILES string of the molecule is C[C@H]1CCCC[C@@H]1NC(=O)NCc1ccccc1F. The highest BCUT2D eigenvalue weighted by Gasteiger charge is 2.22. The molecule has 0 heterocycles. The lowest BCUT2D eigenvalue weighted by Crippen LogP contribution is -2.45. The van der Waals surface area contributed by atoms with Gasteiger partial charge in [-0.3, -0.25) is 0 Å². The molecule has 0 unspecified atom stereocenters. The summed E-state index contributed by atoms with van der Waals surface area (Å²) in [5.41, 5.74) is 0.509. The van der Waals surface area contributed by atoms with E-state index in [2.05, 4.69) is 17.6 Å². The Morgan fingerprint density at radius 2 is 2.05 bits per heavy atom. The fourth-order valence-corrected chi connectivity index (χ4v) is 2.57. The fourth-order valence-electron chi connectivity index (χ4n) is 2.57. The van der Waals surface area contributed by atoms with E-state index in [4.69, 9.17) is 0 Å². The van der Waals surface area contributed by atoms with Crippen molar-refractivity contribution in [1.82, 2.24) is 10.6 Å². The lowest BCUT2D eigenvalue weighted by Gasteiger charge is -2.29. The molecule has 0 aromatic heterocycles. The van der Waals surface area contributed by atoms with Gasteiger partial charge in [-0.05, 0) is 24.8 Å². The molecule has 0 saturated heterocycles. The topological polar surface area (TPSA) is 41.1 Å². The maximum Gasteiger partial charge on any atom is 0.315 e. The Bertz CT molecular complexity index is 436. The predicted octanol–water partition coefficient (Wildman–Crippen LogP) is 3.20. The van der Waals surface area contributed by atoms with Crippen LogP contribution in [0.2, 0.25) is 0 Å². The smallest absolute Gasteiger partial charge is 0.315 e. The molecule has 2 amide bonds. The van der Waals surface area contributed by atoms with E-state index in [0.29, 0.717) is 11.5 Å². The molecule has 1 aromatic rings.